The lowest BCUT2D eigenvalue weighted by molar-refractivity contribution is -0.131. The maximum absolute atomic E-state index is 12.5. The lowest BCUT2D eigenvalue weighted by Gasteiger charge is -2.17. The van der Waals surface area contributed by atoms with Crippen molar-refractivity contribution >= 4 is 29.6 Å². The lowest BCUT2D eigenvalue weighted by atomic mass is 10.1. The molecule has 1 rings (SSSR count). The number of nitrogens with zero attached hydrogens (tertiary/aromatic N) is 1. The number of nitrogens with one attached hydrogen (secondary N) is 4. The molecular weight excluding hydrogens is 570 g/mol. The summed E-state index contributed by atoms with van der Waals surface area (Å²) in [6, 6.07) is 2.09. The van der Waals surface area contributed by atoms with Crippen molar-refractivity contribution in [2.75, 3.05) is 32.7 Å². The minimum Gasteiger partial charge on any atom is -0.508 e. The van der Waals surface area contributed by atoms with Crippen LogP contribution in [0.25, 0.3) is 0 Å². The first kappa shape index (κ1) is 37.9. The average molecular weight is 622 g/mol. The highest BCUT2D eigenvalue weighted by atomic mass is 16.3. The molecule has 0 saturated heterocycles. The highest BCUT2D eigenvalue weighted by Crippen LogP contribution is 2.22. The zero-order valence-electron chi connectivity index (χ0n) is 25.5. The molecule has 0 spiro atoms. The van der Waals surface area contributed by atoms with E-state index in [1.165, 1.54) is 12.1 Å². The molecule has 0 aliphatic heterocycles. The van der Waals surface area contributed by atoms with E-state index >= 15 is 0 Å². The third-order valence-corrected chi connectivity index (χ3v) is 6.71. The second-order valence-electron chi connectivity index (χ2n) is 10.6. The van der Waals surface area contributed by atoms with Crippen LogP contribution in [0.15, 0.2) is 23.2 Å². The number of aromatic hydroxyl groups is 2. The van der Waals surface area contributed by atoms with Crippen molar-refractivity contribution < 1.29 is 29.4 Å². The number of phenolic OH excluding ortho intramolecular Hbond substituents is 2. The molecule has 0 aliphatic rings. The van der Waals surface area contributed by atoms with E-state index in [1.54, 1.807) is 0 Å². The molecule has 1 aromatic carbocycles. The summed E-state index contributed by atoms with van der Waals surface area (Å²) in [6.45, 7) is 2.86. The molecule has 0 fully saturated rings. The van der Waals surface area contributed by atoms with Gasteiger partial charge in [0.2, 0.25) is 23.6 Å². The number of hydrogen-bond acceptors (Lipinski definition) is 9. The Morgan fingerprint density at radius 1 is 0.795 bits per heavy atom. The van der Waals surface area contributed by atoms with Gasteiger partial charge < -0.3 is 54.4 Å². The number of unbranched alkanes of at least 4 members (excludes halogenated alkanes) is 6. The van der Waals surface area contributed by atoms with Gasteiger partial charge in [-0.2, -0.15) is 0 Å². The Kier molecular flexibility index (Phi) is 19.3. The molecule has 0 unspecified atom stereocenters. The third kappa shape index (κ3) is 18.4. The zero-order chi connectivity index (χ0) is 32.7. The van der Waals surface area contributed by atoms with E-state index in [1.807, 2.05) is 0 Å². The molecule has 1 aromatic rings. The summed E-state index contributed by atoms with van der Waals surface area (Å²) in [5.74, 6) is -2.42. The van der Waals surface area contributed by atoms with Gasteiger partial charge in [0, 0.05) is 31.3 Å². The molecule has 15 heteroatoms. The minimum atomic E-state index is -1.13. The Hall–Kier alpha value is -4.11. The molecule has 0 aromatic heterocycles. The fraction of sp³-hybridized carbons (Fsp3) is 0.621. The summed E-state index contributed by atoms with van der Waals surface area (Å²) in [4.78, 5) is 52.1. The first-order valence-corrected chi connectivity index (χ1v) is 15.1. The van der Waals surface area contributed by atoms with Gasteiger partial charge in [-0.1, -0.05) is 38.2 Å². The smallest absolute Gasteiger partial charge is 0.243 e. The molecule has 2 atom stereocenters. The minimum absolute atomic E-state index is 0.0135. The number of amides is 4. The number of nitrogens with two attached hydrogens (primary N) is 4. The van der Waals surface area contributed by atoms with Gasteiger partial charge in [-0.25, -0.2) is 0 Å². The summed E-state index contributed by atoms with van der Waals surface area (Å²) >= 11 is 0. The van der Waals surface area contributed by atoms with Crippen molar-refractivity contribution in [2.24, 2.45) is 27.9 Å². The van der Waals surface area contributed by atoms with Crippen molar-refractivity contribution in [3.8, 4) is 11.5 Å². The largest absolute Gasteiger partial charge is 0.508 e. The quantitative estimate of drug-likeness (QED) is 0.0379. The van der Waals surface area contributed by atoms with E-state index in [0.29, 0.717) is 39.0 Å². The summed E-state index contributed by atoms with van der Waals surface area (Å²) in [7, 11) is 0. The van der Waals surface area contributed by atoms with Crippen LogP contribution in [0.3, 0.4) is 0 Å². The molecule has 14 N–H and O–H groups in total. The fourth-order valence-electron chi connectivity index (χ4n) is 4.27. The number of aliphatic imine (C=N–C) groups is 1. The van der Waals surface area contributed by atoms with Crippen molar-refractivity contribution in [1.29, 1.82) is 0 Å². The molecule has 4 amide bonds. The van der Waals surface area contributed by atoms with E-state index in [0.717, 1.165) is 57.6 Å². The highest BCUT2D eigenvalue weighted by molar-refractivity contribution is 5.92. The van der Waals surface area contributed by atoms with Gasteiger partial charge in [-0.05, 0) is 44.8 Å². The monoisotopic (exact) mass is 621 g/mol. The number of guanidine groups is 1. The first-order chi connectivity index (χ1) is 21.0. The van der Waals surface area contributed by atoms with Gasteiger partial charge >= 0.3 is 0 Å². The topological polar surface area (TPSA) is 273 Å². The van der Waals surface area contributed by atoms with Crippen molar-refractivity contribution in [2.45, 2.75) is 82.7 Å². The average Bonchev–Trinajstić information content (AvgIpc) is 2.95. The molecular formula is C29H51N9O6. The van der Waals surface area contributed by atoms with Crippen LogP contribution in [-0.2, 0) is 25.6 Å². The number of carbonyl (C=O) groups is 4. The second-order valence-corrected chi connectivity index (χ2v) is 10.6. The summed E-state index contributed by atoms with van der Waals surface area (Å²) in [5, 5.41) is 30.6. The Labute approximate surface area is 259 Å². The van der Waals surface area contributed by atoms with Crippen LogP contribution in [-0.4, -0.2) is 84.6 Å². The van der Waals surface area contributed by atoms with Crippen LogP contribution in [0, 0.1) is 0 Å². The molecule has 0 saturated carbocycles. The molecule has 0 radical (unpaired) electrons. The Balaban J connectivity index is 2.07. The van der Waals surface area contributed by atoms with Gasteiger partial charge in [-0.3, -0.25) is 24.2 Å². The van der Waals surface area contributed by atoms with Gasteiger partial charge in [-0.15, -0.1) is 0 Å². The summed E-state index contributed by atoms with van der Waals surface area (Å²) in [6.07, 6.45) is 7.96. The van der Waals surface area contributed by atoms with Crippen molar-refractivity contribution in [3.63, 3.8) is 0 Å². The summed E-state index contributed by atoms with van der Waals surface area (Å²) in [5.41, 5.74) is 21.8. The maximum atomic E-state index is 12.5. The Bertz CT molecular complexity index is 1070. The van der Waals surface area contributed by atoms with Crippen molar-refractivity contribution in [1.82, 2.24) is 21.3 Å². The molecule has 0 bridgehead atoms. The number of primary amides is 1. The number of hydrogen-bond donors (Lipinski definition) is 10. The molecule has 0 aliphatic carbocycles. The van der Waals surface area contributed by atoms with Crippen molar-refractivity contribution in [3.05, 3.63) is 23.8 Å². The first-order valence-electron chi connectivity index (χ1n) is 15.1. The molecule has 15 nitrogen and oxygen atoms in total. The standard InChI is InChI=1S/C29H51N9O6/c30-22(11-16-37-29(32)33)27(43)35-14-7-5-3-1-2-4-6-12-34-13-8-15-36-28(44)23(19-25(31)41)38-26(42)17-20-9-10-21(39)18-24(20)40/h9-10,18,22-23,34,39-40H,1-8,11-17,19,30H2,(H2,31,41)(H,35,43)(H,36,44)(H,38,42)(H4,32,33,37)/t22-,23-/m0/s1. The van der Waals surface area contributed by atoms with Crippen LogP contribution in [0.2, 0.25) is 0 Å². The predicted octanol–water partition coefficient (Wildman–Crippen LogP) is -1.07. The third-order valence-electron chi connectivity index (χ3n) is 6.71. The van der Waals surface area contributed by atoms with E-state index in [-0.39, 0.29) is 41.8 Å². The SMILES string of the molecule is NC(=O)C[C@H](NC(=O)Cc1ccc(O)cc1O)C(=O)NCCCNCCCCCCCCCNC(=O)[C@@H](N)CCN=C(N)N. The van der Waals surface area contributed by atoms with E-state index in [2.05, 4.69) is 26.3 Å². The normalized spacial score (nSPS) is 12.1. The number of carbonyl (C=O) groups excluding carboxylic acids is 4. The van der Waals surface area contributed by atoms with E-state index in [9.17, 15) is 29.4 Å². The zero-order valence-corrected chi connectivity index (χ0v) is 25.5. The van der Waals surface area contributed by atoms with Gasteiger partial charge in [0.25, 0.3) is 0 Å². The molecule has 44 heavy (non-hydrogen) atoms. The predicted molar refractivity (Wildman–Crippen MR) is 168 cm³/mol. The Morgan fingerprint density at radius 3 is 2.02 bits per heavy atom. The van der Waals surface area contributed by atoms with Crippen LogP contribution in [0.4, 0.5) is 0 Å². The van der Waals surface area contributed by atoms with Crippen LogP contribution in [0.5, 0.6) is 11.5 Å². The summed E-state index contributed by atoms with van der Waals surface area (Å²) < 4.78 is 0. The van der Waals surface area contributed by atoms with Crippen LogP contribution >= 0.6 is 0 Å². The molecule has 0 heterocycles. The molecule has 248 valence electrons. The highest BCUT2D eigenvalue weighted by Gasteiger charge is 2.23. The Morgan fingerprint density at radius 2 is 1.39 bits per heavy atom. The van der Waals surface area contributed by atoms with Crippen LogP contribution in [0.1, 0.15) is 69.8 Å². The fourth-order valence-corrected chi connectivity index (χ4v) is 4.27. The lowest BCUT2D eigenvalue weighted by Crippen LogP contribution is -2.49. The van der Waals surface area contributed by atoms with Gasteiger partial charge in [0.1, 0.15) is 17.5 Å². The van der Waals surface area contributed by atoms with Crippen LogP contribution < -0.4 is 44.2 Å². The van der Waals surface area contributed by atoms with E-state index in [4.69, 9.17) is 22.9 Å². The number of rotatable bonds is 24. The van der Waals surface area contributed by atoms with Gasteiger partial charge in [0.15, 0.2) is 5.96 Å². The second kappa shape index (κ2) is 22.4. The maximum Gasteiger partial charge on any atom is 0.243 e. The number of phenols is 2. The van der Waals surface area contributed by atoms with E-state index < -0.39 is 29.8 Å². The van der Waals surface area contributed by atoms with Gasteiger partial charge in [0.05, 0.1) is 18.9 Å². The number of benzene rings is 1.